The standard InChI is InChI=1S/C16H17N5O4S2/c1-25-16(22)15-12(4-9-26-15)27(23,24)20-6-5-17-13-10-14(19-11-18-13)21-7-2-3-8-21/h2-4,7-11,20H,5-6H2,1H3,(H,17,18,19). The Kier molecular flexibility index (Phi) is 5.84. The summed E-state index contributed by atoms with van der Waals surface area (Å²) in [6.45, 7) is 0.417. The Bertz CT molecular complexity index is 1020. The third kappa shape index (κ3) is 4.51. The molecule has 9 nitrogen and oxygen atoms in total. The minimum absolute atomic E-state index is 0.0464. The van der Waals surface area contributed by atoms with Gasteiger partial charge in [0.2, 0.25) is 10.0 Å². The maximum atomic E-state index is 12.4. The molecule has 0 aromatic carbocycles. The van der Waals surface area contributed by atoms with Gasteiger partial charge in [-0.15, -0.1) is 11.3 Å². The Hall–Kier alpha value is -2.76. The molecular weight excluding hydrogens is 390 g/mol. The minimum Gasteiger partial charge on any atom is -0.465 e. The Balaban J connectivity index is 1.58. The molecule has 0 fully saturated rings. The van der Waals surface area contributed by atoms with Crippen molar-refractivity contribution in [2.24, 2.45) is 0 Å². The number of rotatable bonds is 8. The first-order valence-electron chi connectivity index (χ1n) is 7.86. The smallest absolute Gasteiger partial charge is 0.349 e. The van der Waals surface area contributed by atoms with Crippen molar-refractivity contribution in [2.45, 2.75) is 4.90 Å². The quantitative estimate of drug-likeness (QED) is 0.429. The van der Waals surface area contributed by atoms with Crippen molar-refractivity contribution in [3.8, 4) is 5.82 Å². The monoisotopic (exact) mass is 407 g/mol. The second kappa shape index (κ2) is 8.29. The summed E-state index contributed by atoms with van der Waals surface area (Å²) >= 11 is 1.02. The average Bonchev–Trinajstić information content (AvgIpc) is 3.37. The predicted octanol–water partition coefficient (Wildman–Crippen LogP) is 1.51. The maximum absolute atomic E-state index is 12.4. The molecule has 2 N–H and O–H groups in total. The van der Waals surface area contributed by atoms with E-state index in [1.165, 1.54) is 24.9 Å². The molecule has 0 aliphatic heterocycles. The fourth-order valence-corrected chi connectivity index (χ4v) is 4.64. The van der Waals surface area contributed by atoms with Crippen LogP contribution in [0.2, 0.25) is 0 Å². The van der Waals surface area contributed by atoms with Crippen molar-refractivity contribution in [1.29, 1.82) is 0 Å². The molecule has 3 aromatic heterocycles. The number of aromatic nitrogens is 3. The number of carbonyl (C=O) groups excluding carboxylic acids is 1. The van der Waals surface area contributed by atoms with Gasteiger partial charge in [0.1, 0.15) is 27.7 Å². The van der Waals surface area contributed by atoms with Gasteiger partial charge < -0.3 is 14.6 Å². The van der Waals surface area contributed by atoms with Crippen LogP contribution in [0.25, 0.3) is 5.82 Å². The number of hydrogen-bond donors (Lipinski definition) is 2. The third-order valence-electron chi connectivity index (χ3n) is 3.53. The first-order valence-corrected chi connectivity index (χ1v) is 10.2. The first kappa shape index (κ1) is 19.0. The van der Waals surface area contributed by atoms with E-state index in [1.807, 2.05) is 29.1 Å². The summed E-state index contributed by atoms with van der Waals surface area (Å²) in [7, 11) is -2.61. The number of esters is 1. The summed E-state index contributed by atoms with van der Waals surface area (Å²) in [4.78, 5) is 19.9. The number of methoxy groups -OCH3 is 1. The van der Waals surface area contributed by atoms with Gasteiger partial charge in [-0.3, -0.25) is 0 Å². The van der Waals surface area contributed by atoms with Gasteiger partial charge in [-0.05, 0) is 23.6 Å². The molecule has 0 aliphatic rings. The fourth-order valence-electron chi connectivity index (χ4n) is 2.28. The molecule has 0 spiro atoms. The highest BCUT2D eigenvalue weighted by molar-refractivity contribution is 7.89. The van der Waals surface area contributed by atoms with E-state index in [2.05, 4.69) is 24.7 Å². The molecule has 0 saturated carbocycles. The highest BCUT2D eigenvalue weighted by Gasteiger charge is 2.24. The number of nitrogens with zero attached hydrogens (tertiary/aromatic N) is 3. The van der Waals surface area contributed by atoms with Crippen LogP contribution in [0, 0.1) is 0 Å². The number of sulfonamides is 1. The van der Waals surface area contributed by atoms with E-state index >= 15 is 0 Å². The van der Waals surface area contributed by atoms with Crippen molar-refractivity contribution in [3.05, 3.63) is 53.2 Å². The van der Waals surface area contributed by atoms with Crippen molar-refractivity contribution in [2.75, 3.05) is 25.5 Å². The molecule has 0 radical (unpaired) electrons. The molecule has 0 saturated heterocycles. The largest absolute Gasteiger partial charge is 0.465 e. The van der Waals surface area contributed by atoms with Crippen LogP contribution >= 0.6 is 11.3 Å². The molecule has 3 aromatic rings. The zero-order valence-electron chi connectivity index (χ0n) is 14.3. The lowest BCUT2D eigenvalue weighted by molar-refractivity contribution is 0.0602. The van der Waals surface area contributed by atoms with Gasteiger partial charge in [-0.2, -0.15) is 0 Å². The lowest BCUT2D eigenvalue weighted by atomic mass is 10.5. The van der Waals surface area contributed by atoms with Gasteiger partial charge in [0.05, 0.1) is 7.11 Å². The topological polar surface area (TPSA) is 115 Å². The van der Waals surface area contributed by atoms with Gasteiger partial charge in [0.15, 0.2) is 0 Å². The molecule has 3 heterocycles. The summed E-state index contributed by atoms with van der Waals surface area (Å²) in [6, 6.07) is 6.90. The molecule has 0 bridgehead atoms. The van der Waals surface area contributed by atoms with Crippen LogP contribution in [0.15, 0.2) is 53.3 Å². The fraction of sp³-hybridized carbons (Fsp3) is 0.188. The Morgan fingerprint density at radius 2 is 2.04 bits per heavy atom. The van der Waals surface area contributed by atoms with Gasteiger partial charge in [-0.1, -0.05) is 0 Å². The molecule has 11 heteroatoms. The Labute approximate surface area is 160 Å². The van der Waals surface area contributed by atoms with Gasteiger partial charge in [-0.25, -0.2) is 27.9 Å². The second-order valence-corrected chi connectivity index (χ2v) is 7.93. The van der Waals surface area contributed by atoms with E-state index in [4.69, 9.17) is 0 Å². The number of nitrogens with one attached hydrogen (secondary N) is 2. The molecular formula is C16H17N5O4S2. The molecule has 27 heavy (non-hydrogen) atoms. The van der Waals surface area contributed by atoms with Gasteiger partial charge in [0, 0.05) is 31.5 Å². The molecule has 142 valence electrons. The molecule has 0 aliphatic carbocycles. The van der Waals surface area contributed by atoms with Crippen LogP contribution in [0.5, 0.6) is 0 Å². The molecule has 0 unspecified atom stereocenters. The lowest BCUT2D eigenvalue weighted by Crippen LogP contribution is -2.29. The van der Waals surface area contributed by atoms with Gasteiger partial charge in [0.25, 0.3) is 0 Å². The summed E-state index contributed by atoms with van der Waals surface area (Å²) in [6.07, 6.45) is 5.15. The average molecular weight is 407 g/mol. The van der Waals surface area contributed by atoms with Gasteiger partial charge >= 0.3 is 5.97 Å². The zero-order valence-corrected chi connectivity index (χ0v) is 16.0. The number of hydrogen-bond acceptors (Lipinski definition) is 8. The van der Waals surface area contributed by atoms with Crippen LogP contribution in [0.1, 0.15) is 9.67 Å². The SMILES string of the molecule is COC(=O)c1sccc1S(=O)(=O)NCCNc1cc(-n2cccc2)ncn1. The van der Waals surface area contributed by atoms with Crippen molar-refractivity contribution >= 4 is 33.1 Å². The first-order chi connectivity index (χ1) is 13.0. The molecule has 0 atom stereocenters. The predicted molar refractivity (Wildman–Crippen MR) is 101 cm³/mol. The molecule has 0 amide bonds. The van der Waals surface area contributed by atoms with Crippen LogP contribution in [-0.2, 0) is 14.8 Å². The number of carbonyl (C=O) groups is 1. The van der Waals surface area contributed by atoms with E-state index < -0.39 is 16.0 Å². The van der Waals surface area contributed by atoms with E-state index in [9.17, 15) is 13.2 Å². The Morgan fingerprint density at radius 3 is 2.78 bits per heavy atom. The van der Waals surface area contributed by atoms with Crippen LogP contribution in [-0.4, -0.2) is 49.1 Å². The van der Waals surface area contributed by atoms with E-state index in [1.54, 1.807) is 6.07 Å². The minimum atomic E-state index is -3.82. The molecule has 3 rings (SSSR count). The summed E-state index contributed by atoms with van der Waals surface area (Å²) < 4.78 is 33.7. The van der Waals surface area contributed by atoms with Crippen LogP contribution in [0.3, 0.4) is 0 Å². The maximum Gasteiger partial charge on any atom is 0.349 e. The van der Waals surface area contributed by atoms with E-state index in [0.29, 0.717) is 18.2 Å². The summed E-state index contributed by atoms with van der Waals surface area (Å²) in [5, 5.41) is 4.56. The number of ether oxygens (including phenoxy) is 1. The Morgan fingerprint density at radius 1 is 1.26 bits per heavy atom. The second-order valence-electron chi connectivity index (χ2n) is 5.28. The summed E-state index contributed by atoms with van der Waals surface area (Å²) in [5.74, 6) is 0.583. The summed E-state index contributed by atoms with van der Waals surface area (Å²) in [5.41, 5.74) is 0. The zero-order chi connectivity index (χ0) is 19.3. The van der Waals surface area contributed by atoms with Crippen molar-refractivity contribution in [3.63, 3.8) is 0 Å². The van der Waals surface area contributed by atoms with Crippen molar-refractivity contribution in [1.82, 2.24) is 19.3 Å². The van der Waals surface area contributed by atoms with Crippen LogP contribution in [0.4, 0.5) is 5.82 Å². The number of anilines is 1. The normalized spacial score (nSPS) is 11.3. The lowest BCUT2D eigenvalue weighted by Gasteiger charge is -2.09. The third-order valence-corrected chi connectivity index (χ3v) is 6.06. The van der Waals surface area contributed by atoms with E-state index in [-0.39, 0.29) is 16.3 Å². The van der Waals surface area contributed by atoms with Crippen LogP contribution < -0.4 is 10.0 Å². The highest BCUT2D eigenvalue weighted by Crippen LogP contribution is 2.22. The van der Waals surface area contributed by atoms with E-state index in [0.717, 1.165) is 11.3 Å². The highest BCUT2D eigenvalue weighted by atomic mass is 32.2. The van der Waals surface area contributed by atoms with Crippen molar-refractivity contribution < 1.29 is 17.9 Å². The number of thiophene rings is 1.